The molecule has 0 aromatic carbocycles. The molecule has 4 rings (SSSR count). The van der Waals surface area contributed by atoms with E-state index in [0.717, 1.165) is 10.7 Å². The highest BCUT2D eigenvalue weighted by Gasteiger charge is 2.52. The van der Waals surface area contributed by atoms with Crippen LogP contribution in [-0.4, -0.2) is 58.4 Å². The lowest BCUT2D eigenvalue weighted by atomic mass is 10.1. The van der Waals surface area contributed by atoms with Crippen LogP contribution in [0.3, 0.4) is 0 Å². The van der Waals surface area contributed by atoms with E-state index < -0.39 is 15.3 Å². The van der Waals surface area contributed by atoms with E-state index in [1.807, 2.05) is 12.3 Å². The zero-order valence-corrected chi connectivity index (χ0v) is 15.3. The van der Waals surface area contributed by atoms with Crippen LogP contribution < -0.4 is 0 Å². The summed E-state index contributed by atoms with van der Waals surface area (Å²) in [5.74, 6) is -0.260. The molecule has 0 spiro atoms. The molecule has 2 aromatic heterocycles. The number of nitrogens with zero attached hydrogens (tertiary/aromatic N) is 4. The highest BCUT2D eigenvalue weighted by Crippen LogP contribution is 2.35. The van der Waals surface area contributed by atoms with E-state index >= 15 is 0 Å². The molecule has 4 heterocycles. The first-order valence-electron chi connectivity index (χ1n) is 8.05. The normalized spacial score (nSPS) is 25.2. The summed E-state index contributed by atoms with van der Waals surface area (Å²) in [6.45, 7) is 3.34. The molecule has 0 aliphatic carbocycles. The Morgan fingerprint density at radius 1 is 1.32 bits per heavy atom. The van der Waals surface area contributed by atoms with Crippen molar-refractivity contribution in [2.24, 2.45) is 5.92 Å². The molecule has 0 bridgehead atoms. The van der Waals surface area contributed by atoms with Crippen molar-refractivity contribution in [3.05, 3.63) is 46.2 Å². The van der Waals surface area contributed by atoms with E-state index in [0.29, 0.717) is 25.3 Å². The van der Waals surface area contributed by atoms with Gasteiger partial charge in [-0.05, 0) is 19.1 Å². The van der Waals surface area contributed by atoms with Gasteiger partial charge in [-0.15, -0.1) is 11.3 Å². The zero-order chi connectivity index (χ0) is 17.6. The largest absolute Gasteiger partial charge is 0.336 e. The predicted molar refractivity (Wildman–Crippen MR) is 93.6 cm³/mol. The molecule has 9 heteroatoms. The van der Waals surface area contributed by atoms with Crippen molar-refractivity contribution in [2.45, 2.75) is 18.7 Å². The molecule has 0 unspecified atom stereocenters. The third-order valence-electron chi connectivity index (χ3n) is 4.74. The van der Waals surface area contributed by atoms with Crippen LogP contribution in [0.15, 0.2) is 29.8 Å². The number of fused-ring (bicyclic) bond motifs is 1. The van der Waals surface area contributed by atoms with Crippen molar-refractivity contribution in [1.82, 2.24) is 19.2 Å². The molecule has 2 fully saturated rings. The van der Waals surface area contributed by atoms with Gasteiger partial charge in [0.15, 0.2) is 0 Å². The van der Waals surface area contributed by atoms with Gasteiger partial charge in [-0.1, -0.05) is 6.07 Å². The second-order valence-corrected chi connectivity index (χ2v) is 9.63. The third-order valence-corrected chi connectivity index (χ3v) is 7.86. The van der Waals surface area contributed by atoms with Gasteiger partial charge in [-0.25, -0.2) is 13.4 Å². The average molecular weight is 378 g/mol. The molecular weight excluding hydrogens is 360 g/mol. The molecule has 2 aliphatic rings. The fourth-order valence-corrected chi connectivity index (χ4v) is 6.27. The summed E-state index contributed by atoms with van der Waals surface area (Å²) < 4.78 is 27.2. The minimum absolute atomic E-state index is 0.0580. The topological polar surface area (TPSA) is 83.5 Å². The number of carbonyl (C=O) groups excluding carboxylic acids is 1. The number of aryl methyl sites for hydroxylation is 1. The molecule has 0 saturated carbocycles. The number of likely N-dealkylation sites (tertiary alicyclic amines) is 1. The Morgan fingerprint density at radius 3 is 2.80 bits per heavy atom. The minimum atomic E-state index is -3.42. The van der Waals surface area contributed by atoms with Gasteiger partial charge < -0.3 is 4.90 Å². The number of pyridine rings is 1. The Kier molecular flexibility index (Phi) is 4.09. The number of aromatic nitrogens is 2. The quantitative estimate of drug-likeness (QED) is 0.800. The van der Waals surface area contributed by atoms with Gasteiger partial charge in [0.1, 0.15) is 5.69 Å². The first kappa shape index (κ1) is 16.6. The Morgan fingerprint density at radius 2 is 2.16 bits per heavy atom. The molecule has 7 nitrogen and oxygen atoms in total. The Hall–Kier alpha value is -1.84. The number of rotatable bonds is 3. The van der Waals surface area contributed by atoms with Crippen molar-refractivity contribution in [3.63, 3.8) is 0 Å². The lowest BCUT2D eigenvalue weighted by Gasteiger charge is -2.20. The first-order chi connectivity index (χ1) is 11.9. The smallest absolute Gasteiger partial charge is 0.272 e. The third kappa shape index (κ3) is 2.96. The van der Waals surface area contributed by atoms with E-state index in [-0.39, 0.29) is 18.4 Å². The predicted octanol–water partition coefficient (Wildman–Crippen LogP) is 1.13. The van der Waals surface area contributed by atoms with E-state index in [2.05, 4.69) is 9.97 Å². The molecule has 25 heavy (non-hydrogen) atoms. The van der Waals surface area contributed by atoms with Gasteiger partial charge >= 0.3 is 0 Å². The van der Waals surface area contributed by atoms with Crippen LogP contribution in [0.1, 0.15) is 21.2 Å². The van der Waals surface area contributed by atoms with Crippen molar-refractivity contribution < 1.29 is 13.2 Å². The second-order valence-electron chi connectivity index (χ2n) is 6.42. The fraction of sp³-hybridized carbons (Fsp3) is 0.438. The maximum absolute atomic E-state index is 12.8. The molecule has 2 saturated heterocycles. The molecule has 132 valence electrons. The summed E-state index contributed by atoms with van der Waals surface area (Å²) in [7, 11) is -3.42. The lowest BCUT2D eigenvalue weighted by Crippen LogP contribution is -2.37. The number of hydrogen-bond acceptors (Lipinski definition) is 6. The van der Waals surface area contributed by atoms with Crippen LogP contribution in [0.2, 0.25) is 0 Å². The Balaban J connectivity index is 1.48. The summed E-state index contributed by atoms with van der Waals surface area (Å²) in [4.78, 5) is 22.5. The maximum atomic E-state index is 12.8. The molecule has 0 N–H and O–H groups in total. The molecule has 0 radical (unpaired) electrons. The minimum Gasteiger partial charge on any atom is -0.336 e. The Labute approximate surface area is 150 Å². The first-order valence-corrected chi connectivity index (χ1v) is 10.4. The highest BCUT2D eigenvalue weighted by molar-refractivity contribution is 7.90. The van der Waals surface area contributed by atoms with Gasteiger partial charge in [-0.2, -0.15) is 4.31 Å². The van der Waals surface area contributed by atoms with E-state index in [1.54, 1.807) is 29.3 Å². The van der Waals surface area contributed by atoms with Crippen LogP contribution in [-0.2, 0) is 16.6 Å². The molecule has 2 aliphatic heterocycles. The van der Waals surface area contributed by atoms with Crippen LogP contribution in [0.5, 0.6) is 0 Å². The van der Waals surface area contributed by atoms with Crippen molar-refractivity contribution in [1.29, 1.82) is 0 Å². The van der Waals surface area contributed by atoms with E-state index in [4.69, 9.17) is 0 Å². The summed E-state index contributed by atoms with van der Waals surface area (Å²) >= 11 is 1.52. The molecular formula is C16H18N4O3S2. The highest BCUT2D eigenvalue weighted by atomic mass is 32.2. The summed E-state index contributed by atoms with van der Waals surface area (Å²) in [5.41, 5.74) is 1.14. The van der Waals surface area contributed by atoms with Crippen molar-refractivity contribution in [2.75, 3.05) is 19.6 Å². The van der Waals surface area contributed by atoms with Gasteiger partial charge in [0.05, 0.1) is 22.5 Å². The second kappa shape index (κ2) is 6.15. The number of thiazole rings is 1. The maximum Gasteiger partial charge on any atom is 0.272 e. The van der Waals surface area contributed by atoms with E-state index in [1.165, 1.54) is 15.6 Å². The number of carbonyl (C=O) groups is 1. The average Bonchev–Trinajstić information content (AvgIpc) is 3.26. The fourth-order valence-electron chi connectivity index (χ4n) is 3.54. The zero-order valence-electron chi connectivity index (χ0n) is 13.7. The number of hydrogen-bond donors (Lipinski definition) is 0. The van der Waals surface area contributed by atoms with Gasteiger partial charge in [-0.3, -0.25) is 9.78 Å². The summed E-state index contributed by atoms with van der Waals surface area (Å²) in [6, 6.07) is 5.16. The van der Waals surface area contributed by atoms with Gasteiger partial charge in [0.25, 0.3) is 5.91 Å². The van der Waals surface area contributed by atoms with Crippen LogP contribution in [0.25, 0.3) is 0 Å². The van der Waals surface area contributed by atoms with Crippen LogP contribution in [0.4, 0.5) is 0 Å². The van der Waals surface area contributed by atoms with Crippen LogP contribution in [0, 0.1) is 12.8 Å². The number of sulfonamides is 1. The van der Waals surface area contributed by atoms with Crippen molar-refractivity contribution in [3.8, 4) is 0 Å². The standard InChI is InChI=1S/C16H18N4O3S2/c1-11-18-13(10-24-11)8-20-7-12-6-19(9-15(12)25(20,22)23)16(21)14-4-2-3-5-17-14/h2-5,10,12,15H,6-9H2,1H3/t12-,15-/m1/s1. The monoisotopic (exact) mass is 378 g/mol. The summed E-state index contributed by atoms with van der Waals surface area (Å²) in [6.07, 6.45) is 1.57. The summed E-state index contributed by atoms with van der Waals surface area (Å²) in [5, 5.41) is 2.30. The SMILES string of the molecule is Cc1nc(CN2C[C@H]3CN(C(=O)c4ccccn4)C[C@H]3S2(=O)=O)cs1. The van der Waals surface area contributed by atoms with Gasteiger partial charge in [0.2, 0.25) is 10.0 Å². The Bertz CT molecular complexity index is 897. The number of amides is 1. The molecule has 2 aromatic rings. The van der Waals surface area contributed by atoms with Crippen molar-refractivity contribution >= 4 is 27.3 Å². The van der Waals surface area contributed by atoms with Crippen LogP contribution >= 0.6 is 11.3 Å². The molecule has 2 atom stereocenters. The van der Waals surface area contributed by atoms with Gasteiger partial charge in [0, 0.05) is 37.1 Å². The molecule has 1 amide bonds. The lowest BCUT2D eigenvalue weighted by molar-refractivity contribution is 0.0779. The van der Waals surface area contributed by atoms with E-state index in [9.17, 15) is 13.2 Å².